The standard InChI is InChI=1S/C7H7F3N2O/c1-4-3-5(13-2)12-6(11-4)7(8,9)10/h3H,1-2H3. The maximum Gasteiger partial charge on any atom is 0.451 e. The van der Waals surface area contributed by atoms with E-state index >= 15 is 0 Å². The van der Waals surface area contributed by atoms with Gasteiger partial charge in [0.1, 0.15) is 0 Å². The summed E-state index contributed by atoms with van der Waals surface area (Å²) in [5.74, 6) is -1.26. The third-order valence-electron chi connectivity index (χ3n) is 1.29. The summed E-state index contributed by atoms with van der Waals surface area (Å²) < 4.78 is 40.9. The molecule has 1 aromatic rings. The number of nitrogens with zero attached hydrogens (tertiary/aromatic N) is 2. The molecule has 1 aromatic heterocycles. The van der Waals surface area contributed by atoms with Crippen molar-refractivity contribution in [2.45, 2.75) is 13.1 Å². The van der Waals surface area contributed by atoms with Crippen molar-refractivity contribution in [1.29, 1.82) is 0 Å². The van der Waals surface area contributed by atoms with Gasteiger partial charge in [-0.2, -0.15) is 18.2 Å². The van der Waals surface area contributed by atoms with Crippen molar-refractivity contribution in [3.05, 3.63) is 17.6 Å². The van der Waals surface area contributed by atoms with Crippen LogP contribution in [0.4, 0.5) is 13.2 Å². The molecular weight excluding hydrogens is 185 g/mol. The van der Waals surface area contributed by atoms with Crippen LogP contribution in [0.5, 0.6) is 5.88 Å². The van der Waals surface area contributed by atoms with Gasteiger partial charge in [-0.15, -0.1) is 0 Å². The zero-order valence-corrected chi connectivity index (χ0v) is 7.01. The minimum absolute atomic E-state index is 0.0835. The van der Waals surface area contributed by atoms with Gasteiger partial charge < -0.3 is 4.74 Å². The molecule has 3 nitrogen and oxygen atoms in total. The summed E-state index contributed by atoms with van der Waals surface area (Å²) >= 11 is 0. The molecule has 6 heteroatoms. The van der Waals surface area contributed by atoms with Gasteiger partial charge in [0.2, 0.25) is 11.7 Å². The highest BCUT2D eigenvalue weighted by Gasteiger charge is 2.35. The van der Waals surface area contributed by atoms with E-state index in [1.54, 1.807) is 0 Å². The van der Waals surface area contributed by atoms with Crippen molar-refractivity contribution in [2.24, 2.45) is 0 Å². The number of hydrogen-bond donors (Lipinski definition) is 0. The number of aryl methyl sites for hydroxylation is 1. The minimum atomic E-state index is -4.53. The van der Waals surface area contributed by atoms with E-state index in [-0.39, 0.29) is 11.6 Å². The van der Waals surface area contributed by atoms with Crippen molar-refractivity contribution < 1.29 is 17.9 Å². The zero-order valence-electron chi connectivity index (χ0n) is 7.01. The number of halogens is 3. The Hall–Kier alpha value is -1.33. The second-order valence-electron chi connectivity index (χ2n) is 2.37. The van der Waals surface area contributed by atoms with Gasteiger partial charge in [-0.25, -0.2) is 4.98 Å². The van der Waals surface area contributed by atoms with Crippen LogP contribution in [0.15, 0.2) is 6.07 Å². The van der Waals surface area contributed by atoms with E-state index in [0.29, 0.717) is 0 Å². The van der Waals surface area contributed by atoms with Crippen LogP contribution >= 0.6 is 0 Å². The van der Waals surface area contributed by atoms with E-state index in [2.05, 4.69) is 14.7 Å². The first-order valence-electron chi connectivity index (χ1n) is 3.40. The fourth-order valence-corrected chi connectivity index (χ4v) is 0.771. The number of alkyl halides is 3. The van der Waals surface area contributed by atoms with Gasteiger partial charge in [0.15, 0.2) is 0 Å². The summed E-state index contributed by atoms with van der Waals surface area (Å²) in [5.41, 5.74) is 0.221. The molecule has 0 aromatic carbocycles. The Labute approximate surface area is 72.6 Å². The highest BCUT2D eigenvalue weighted by atomic mass is 19.4. The molecule has 13 heavy (non-hydrogen) atoms. The van der Waals surface area contributed by atoms with Crippen molar-refractivity contribution in [1.82, 2.24) is 9.97 Å². The van der Waals surface area contributed by atoms with Gasteiger partial charge in [0.25, 0.3) is 0 Å². The van der Waals surface area contributed by atoms with Crippen LogP contribution in [0.2, 0.25) is 0 Å². The molecule has 0 aliphatic rings. The number of methoxy groups -OCH3 is 1. The van der Waals surface area contributed by atoms with Crippen molar-refractivity contribution >= 4 is 0 Å². The Kier molecular flexibility index (Phi) is 2.40. The van der Waals surface area contributed by atoms with E-state index < -0.39 is 12.0 Å². The Morgan fingerprint density at radius 1 is 1.31 bits per heavy atom. The van der Waals surface area contributed by atoms with Crippen LogP contribution < -0.4 is 4.74 Å². The second-order valence-corrected chi connectivity index (χ2v) is 2.37. The topological polar surface area (TPSA) is 35.0 Å². The summed E-state index contributed by atoms with van der Waals surface area (Å²) in [6, 6.07) is 1.33. The number of aromatic nitrogens is 2. The van der Waals surface area contributed by atoms with Crippen LogP contribution in [-0.4, -0.2) is 17.1 Å². The lowest BCUT2D eigenvalue weighted by Crippen LogP contribution is -2.12. The van der Waals surface area contributed by atoms with Gasteiger partial charge in [0.05, 0.1) is 7.11 Å². The summed E-state index contributed by atoms with van der Waals surface area (Å²) in [6.45, 7) is 1.44. The van der Waals surface area contributed by atoms with Crippen molar-refractivity contribution in [3.8, 4) is 5.88 Å². The third kappa shape index (κ3) is 2.30. The molecule has 1 rings (SSSR count). The SMILES string of the molecule is COc1cc(C)nc(C(F)(F)F)n1. The average Bonchev–Trinajstić information content (AvgIpc) is 2.01. The van der Waals surface area contributed by atoms with E-state index in [1.807, 2.05) is 0 Å². The molecule has 0 aliphatic carbocycles. The van der Waals surface area contributed by atoms with Crippen LogP contribution in [-0.2, 0) is 6.18 Å². The predicted octanol–water partition coefficient (Wildman–Crippen LogP) is 1.81. The number of ether oxygens (including phenoxy) is 1. The molecular formula is C7H7F3N2O. The highest BCUT2D eigenvalue weighted by molar-refractivity contribution is 5.16. The molecule has 0 aliphatic heterocycles. The van der Waals surface area contributed by atoms with Crippen LogP contribution in [0.3, 0.4) is 0 Å². The molecule has 0 N–H and O–H groups in total. The fraction of sp³-hybridized carbons (Fsp3) is 0.429. The highest BCUT2D eigenvalue weighted by Crippen LogP contribution is 2.27. The first-order chi connectivity index (χ1) is 5.93. The monoisotopic (exact) mass is 192 g/mol. The molecule has 0 fully saturated rings. The summed E-state index contributed by atoms with van der Waals surface area (Å²) in [5, 5.41) is 0. The van der Waals surface area contributed by atoms with E-state index in [9.17, 15) is 13.2 Å². The maximum atomic E-state index is 12.1. The van der Waals surface area contributed by atoms with Crippen LogP contribution in [0, 0.1) is 6.92 Å². The normalized spacial score (nSPS) is 11.5. The van der Waals surface area contributed by atoms with Crippen LogP contribution in [0.25, 0.3) is 0 Å². The lowest BCUT2D eigenvalue weighted by atomic mass is 10.4. The minimum Gasteiger partial charge on any atom is -0.481 e. The molecule has 1 heterocycles. The average molecular weight is 192 g/mol. The summed E-state index contributed by atoms with van der Waals surface area (Å²) in [6.07, 6.45) is -4.53. The molecule has 0 atom stereocenters. The molecule has 0 amide bonds. The summed E-state index contributed by atoms with van der Waals surface area (Å²) in [4.78, 5) is 6.40. The smallest absolute Gasteiger partial charge is 0.451 e. The lowest BCUT2D eigenvalue weighted by molar-refractivity contribution is -0.145. The molecule has 72 valence electrons. The van der Waals surface area contributed by atoms with Gasteiger partial charge in [-0.05, 0) is 6.92 Å². The predicted molar refractivity (Wildman–Crippen MR) is 38.3 cm³/mol. The van der Waals surface area contributed by atoms with E-state index in [4.69, 9.17) is 0 Å². The quantitative estimate of drug-likeness (QED) is 0.680. The number of hydrogen-bond acceptors (Lipinski definition) is 3. The molecule has 0 saturated heterocycles. The Morgan fingerprint density at radius 3 is 2.38 bits per heavy atom. The largest absolute Gasteiger partial charge is 0.481 e. The van der Waals surface area contributed by atoms with E-state index in [1.165, 1.54) is 20.1 Å². The number of rotatable bonds is 1. The van der Waals surface area contributed by atoms with Crippen molar-refractivity contribution in [3.63, 3.8) is 0 Å². The zero-order chi connectivity index (χ0) is 10.1. The molecule has 0 radical (unpaired) electrons. The van der Waals surface area contributed by atoms with Crippen LogP contribution in [0.1, 0.15) is 11.5 Å². The first kappa shape index (κ1) is 9.76. The van der Waals surface area contributed by atoms with Gasteiger partial charge >= 0.3 is 6.18 Å². The van der Waals surface area contributed by atoms with E-state index in [0.717, 1.165) is 0 Å². The first-order valence-corrected chi connectivity index (χ1v) is 3.40. The Balaban J connectivity index is 3.16. The van der Waals surface area contributed by atoms with Gasteiger partial charge in [-0.1, -0.05) is 0 Å². The molecule has 0 unspecified atom stereocenters. The lowest BCUT2D eigenvalue weighted by Gasteiger charge is -2.06. The molecule has 0 bridgehead atoms. The van der Waals surface area contributed by atoms with Crippen molar-refractivity contribution in [2.75, 3.05) is 7.11 Å². The Bertz CT molecular complexity index is 311. The van der Waals surface area contributed by atoms with Gasteiger partial charge in [0, 0.05) is 11.8 Å². The van der Waals surface area contributed by atoms with Gasteiger partial charge in [-0.3, -0.25) is 0 Å². The third-order valence-corrected chi connectivity index (χ3v) is 1.29. The molecule has 0 saturated carbocycles. The second kappa shape index (κ2) is 3.20. The maximum absolute atomic E-state index is 12.1. The molecule has 0 spiro atoms. The summed E-state index contributed by atoms with van der Waals surface area (Å²) in [7, 11) is 1.25. The Morgan fingerprint density at radius 2 is 1.92 bits per heavy atom. The fourth-order valence-electron chi connectivity index (χ4n) is 0.771.